The summed E-state index contributed by atoms with van der Waals surface area (Å²) in [5.41, 5.74) is 3.63. The zero-order chi connectivity index (χ0) is 11.7. The van der Waals surface area contributed by atoms with Gasteiger partial charge in [-0.15, -0.1) is 0 Å². The van der Waals surface area contributed by atoms with Crippen LogP contribution < -0.4 is 0 Å². The lowest BCUT2D eigenvalue weighted by Gasteiger charge is -1.94. The van der Waals surface area contributed by atoms with Gasteiger partial charge in [0.15, 0.2) is 0 Å². The summed E-state index contributed by atoms with van der Waals surface area (Å²) in [7, 11) is 0. The lowest BCUT2D eigenvalue weighted by Crippen LogP contribution is -1.73. The van der Waals surface area contributed by atoms with Gasteiger partial charge in [-0.25, -0.2) is 0 Å². The minimum absolute atomic E-state index is 0.888. The molecule has 17 heavy (non-hydrogen) atoms. The standard InChI is InChI=1S/C15H12BrN/c16-9-3-4-11-7-8-15-13(10-11)12-5-1-2-6-14(12)17-15/h1-8,10,17H,9H2. The van der Waals surface area contributed by atoms with Crippen molar-refractivity contribution in [2.24, 2.45) is 0 Å². The highest BCUT2D eigenvalue weighted by Crippen LogP contribution is 2.26. The predicted octanol–water partition coefficient (Wildman–Crippen LogP) is 4.73. The van der Waals surface area contributed by atoms with Gasteiger partial charge in [0.05, 0.1) is 0 Å². The van der Waals surface area contributed by atoms with Crippen molar-refractivity contribution in [3.63, 3.8) is 0 Å². The molecule has 0 aliphatic heterocycles. The average Bonchev–Trinajstić information content (AvgIpc) is 2.74. The van der Waals surface area contributed by atoms with Crippen molar-refractivity contribution in [3.05, 3.63) is 54.1 Å². The van der Waals surface area contributed by atoms with E-state index in [1.807, 2.05) is 0 Å². The number of allylic oxidation sites excluding steroid dienone is 1. The maximum absolute atomic E-state index is 3.43. The van der Waals surface area contributed by atoms with Gasteiger partial charge in [-0.05, 0) is 23.8 Å². The summed E-state index contributed by atoms with van der Waals surface area (Å²) in [6, 6.07) is 14.9. The summed E-state index contributed by atoms with van der Waals surface area (Å²) < 4.78 is 0. The van der Waals surface area contributed by atoms with Crippen LogP contribution in [0.3, 0.4) is 0 Å². The van der Waals surface area contributed by atoms with Gasteiger partial charge in [0.1, 0.15) is 0 Å². The molecular formula is C15H12BrN. The molecule has 2 heteroatoms. The van der Waals surface area contributed by atoms with Gasteiger partial charge >= 0.3 is 0 Å². The fourth-order valence-corrected chi connectivity index (χ4v) is 2.34. The first-order valence-corrected chi connectivity index (χ1v) is 6.73. The number of nitrogens with one attached hydrogen (secondary N) is 1. The molecule has 84 valence electrons. The molecule has 0 spiro atoms. The van der Waals surface area contributed by atoms with Crippen LogP contribution in [0.4, 0.5) is 0 Å². The van der Waals surface area contributed by atoms with E-state index >= 15 is 0 Å². The molecule has 1 heterocycles. The second-order valence-electron chi connectivity index (χ2n) is 4.03. The van der Waals surface area contributed by atoms with E-state index in [2.05, 4.69) is 75.5 Å². The topological polar surface area (TPSA) is 15.8 Å². The van der Waals surface area contributed by atoms with Crippen LogP contribution in [-0.2, 0) is 0 Å². The average molecular weight is 286 g/mol. The number of benzene rings is 2. The lowest BCUT2D eigenvalue weighted by atomic mass is 10.1. The largest absolute Gasteiger partial charge is 0.355 e. The zero-order valence-electron chi connectivity index (χ0n) is 9.28. The first kappa shape index (κ1) is 10.6. The number of alkyl halides is 1. The quantitative estimate of drug-likeness (QED) is 0.655. The van der Waals surface area contributed by atoms with E-state index in [1.54, 1.807) is 0 Å². The van der Waals surface area contributed by atoms with Gasteiger partial charge < -0.3 is 4.98 Å². The maximum atomic E-state index is 3.43. The molecular weight excluding hydrogens is 274 g/mol. The number of hydrogen-bond acceptors (Lipinski definition) is 0. The van der Waals surface area contributed by atoms with Crippen LogP contribution in [0.15, 0.2) is 48.5 Å². The monoisotopic (exact) mass is 285 g/mol. The second kappa shape index (κ2) is 4.38. The third-order valence-corrected chi connectivity index (χ3v) is 3.30. The van der Waals surface area contributed by atoms with Crippen molar-refractivity contribution in [1.29, 1.82) is 0 Å². The zero-order valence-corrected chi connectivity index (χ0v) is 10.9. The number of aromatic nitrogens is 1. The molecule has 3 aromatic rings. The predicted molar refractivity (Wildman–Crippen MR) is 78.6 cm³/mol. The van der Waals surface area contributed by atoms with Gasteiger partial charge in [0, 0.05) is 27.1 Å². The summed E-state index contributed by atoms with van der Waals surface area (Å²) in [5.74, 6) is 0. The van der Waals surface area contributed by atoms with Gasteiger partial charge in [-0.2, -0.15) is 0 Å². The molecule has 0 unspecified atom stereocenters. The van der Waals surface area contributed by atoms with Crippen LogP contribution in [0.2, 0.25) is 0 Å². The second-order valence-corrected chi connectivity index (χ2v) is 4.68. The molecule has 0 aliphatic carbocycles. The van der Waals surface area contributed by atoms with E-state index in [0.717, 1.165) is 5.33 Å². The summed E-state index contributed by atoms with van der Waals surface area (Å²) in [6.45, 7) is 0. The summed E-state index contributed by atoms with van der Waals surface area (Å²) in [6.07, 6.45) is 4.24. The Morgan fingerprint density at radius 3 is 2.71 bits per heavy atom. The minimum Gasteiger partial charge on any atom is -0.355 e. The van der Waals surface area contributed by atoms with Crippen molar-refractivity contribution in [2.75, 3.05) is 5.33 Å². The molecule has 0 saturated carbocycles. The van der Waals surface area contributed by atoms with Crippen molar-refractivity contribution < 1.29 is 0 Å². The number of halogens is 1. The van der Waals surface area contributed by atoms with E-state index < -0.39 is 0 Å². The number of rotatable bonds is 2. The highest BCUT2D eigenvalue weighted by atomic mass is 79.9. The fraction of sp³-hybridized carbons (Fsp3) is 0.0667. The SMILES string of the molecule is BrCC=Cc1ccc2[nH]c3ccccc3c2c1. The Bertz CT molecular complexity index is 694. The highest BCUT2D eigenvalue weighted by molar-refractivity contribution is 9.09. The minimum atomic E-state index is 0.888. The van der Waals surface area contributed by atoms with E-state index in [-0.39, 0.29) is 0 Å². The number of aromatic amines is 1. The van der Waals surface area contributed by atoms with Crippen molar-refractivity contribution in [3.8, 4) is 0 Å². The number of hydrogen-bond donors (Lipinski definition) is 1. The maximum Gasteiger partial charge on any atom is 0.0465 e. The van der Waals surface area contributed by atoms with Gasteiger partial charge in [-0.3, -0.25) is 0 Å². The van der Waals surface area contributed by atoms with Crippen LogP contribution in [0.25, 0.3) is 27.9 Å². The number of para-hydroxylation sites is 1. The summed E-state index contributed by atoms with van der Waals surface area (Å²) in [5, 5.41) is 3.47. The van der Waals surface area contributed by atoms with Crippen LogP contribution in [0.5, 0.6) is 0 Å². The Morgan fingerprint density at radius 2 is 1.82 bits per heavy atom. The molecule has 0 saturated heterocycles. The Hall–Kier alpha value is -1.54. The van der Waals surface area contributed by atoms with Crippen LogP contribution in [-0.4, -0.2) is 10.3 Å². The highest BCUT2D eigenvalue weighted by Gasteiger charge is 2.02. The Balaban J connectivity index is 2.26. The normalized spacial score (nSPS) is 11.8. The molecule has 0 fully saturated rings. The van der Waals surface area contributed by atoms with Crippen LogP contribution >= 0.6 is 15.9 Å². The molecule has 0 aliphatic rings. The van der Waals surface area contributed by atoms with Crippen molar-refractivity contribution in [2.45, 2.75) is 0 Å². The van der Waals surface area contributed by atoms with Gasteiger partial charge in [0.2, 0.25) is 0 Å². The summed E-state index contributed by atoms with van der Waals surface area (Å²) >= 11 is 3.40. The smallest absolute Gasteiger partial charge is 0.0465 e. The number of fused-ring (bicyclic) bond motifs is 3. The molecule has 1 N–H and O–H groups in total. The lowest BCUT2D eigenvalue weighted by molar-refractivity contribution is 1.54. The molecule has 0 amide bonds. The molecule has 0 bridgehead atoms. The Morgan fingerprint density at radius 1 is 1.00 bits per heavy atom. The van der Waals surface area contributed by atoms with Crippen molar-refractivity contribution >= 4 is 43.8 Å². The Labute approximate surface area is 108 Å². The summed E-state index contributed by atoms with van der Waals surface area (Å²) in [4.78, 5) is 3.43. The van der Waals surface area contributed by atoms with Gasteiger partial charge in [-0.1, -0.05) is 52.3 Å². The first-order valence-electron chi connectivity index (χ1n) is 5.61. The van der Waals surface area contributed by atoms with E-state index in [9.17, 15) is 0 Å². The molecule has 3 rings (SSSR count). The van der Waals surface area contributed by atoms with Gasteiger partial charge in [0.25, 0.3) is 0 Å². The molecule has 0 atom stereocenters. The molecule has 1 nitrogen and oxygen atoms in total. The fourth-order valence-electron chi connectivity index (χ4n) is 2.15. The van der Waals surface area contributed by atoms with Crippen LogP contribution in [0.1, 0.15) is 5.56 Å². The van der Waals surface area contributed by atoms with E-state index in [0.29, 0.717) is 0 Å². The molecule has 0 radical (unpaired) electrons. The Kier molecular flexibility index (Phi) is 2.73. The third kappa shape index (κ3) is 1.89. The van der Waals surface area contributed by atoms with E-state index in [1.165, 1.54) is 27.4 Å². The molecule has 2 aromatic carbocycles. The van der Waals surface area contributed by atoms with E-state index in [4.69, 9.17) is 0 Å². The molecule has 1 aromatic heterocycles. The third-order valence-electron chi connectivity index (χ3n) is 2.93. The van der Waals surface area contributed by atoms with Crippen LogP contribution in [0, 0.1) is 0 Å². The number of H-pyrrole nitrogens is 1. The van der Waals surface area contributed by atoms with Crippen molar-refractivity contribution in [1.82, 2.24) is 4.98 Å². The first-order chi connectivity index (χ1) is 8.38.